The van der Waals surface area contributed by atoms with E-state index in [4.69, 9.17) is 9.72 Å². The predicted octanol–water partition coefficient (Wildman–Crippen LogP) is 9.22. The number of aromatic nitrogens is 3. The zero-order valence-electron chi connectivity index (χ0n) is 28.9. The minimum Gasteiger partial charge on any atom is -0.458 e. The van der Waals surface area contributed by atoms with Gasteiger partial charge in [0, 0.05) is 23.4 Å². The SMILES string of the molecule is CC1(C)c2ccc(Oc3ccc4c(c3)N(c3ccccn3)B(c3ccccc3)N4c3ccccc3)cc2-n2[c-][n+](-c3ccccc3)c3cccc1c32. The van der Waals surface area contributed by atoms with E-state index in [0.717, 1.165) is 62.3 Å². The van der Waals surface area contributed by atoms with Gasteiger partial charge in [0.1, 0.15) is 17.3 Å². The number of pyridine rings is 1. The molecule has 0 atom stereocenters. The summed E-state index contributed by atoms with van der Waals surface area (Å²) in [6.07, 6.45) is 5.54. The largest absolute Gasteiger partial charge is 0.458 e. The highest BCUT2D eigenvalue weighted by atomic mass is 16.5. The Morgan fingerprint density at radius 3 is 2.06 bits per heavy atom. The second-order valence-electron chi connectivity index (χ2n) is 13.9. The summed E-state index contributed by atoms with van der Waals surface area (Å²) in [7, 11) is 0. The number of rotatable bonds is 6. The van der Waals surface area contributed by atoms with Crippen molar-refractivity contribution in [2.75, 3.05) is 9.62 Å². The van der Waals surface area contributed by atoms with Crippen LogP contribution in [0.3, 0.4) is 0 Å². The molecule has 0 aliphatic carbocycles. The number of para-hydroxylation sites is 3. The number of benzene rings is 6. The second-order valence-corrected chi connectivity index (χ2v) is 13.9. The number of imidazole rings is 1. The maximum absolute atomic E-state index is 6.78. The molecule has 7 heteroatoms. The van der Waals surface area contributed by atoms with E-state index in [-0.39, 0.29) is 12.4 Å². The molecule has 0 spiro atoms. The van der Waals surface area contributed by atoms with Gasteiger partial charge < -0.3 is 14.4 Å². The number of fused-ring (bicyclic) bond motifs is 3. The van der Waals surface area contributed by atoms with E-state index in [1.54, 1.807) is 0 Å². The van der Waals surface area contributed by atoms with Crippen molar-refractivity contribution in [1.29, 1.82) is 0 Å². The zero-order valence-corrected chi connectivity index (χ0v) is 28.9. The van der Waals surface area contributed by atoms with Crippen LogP contribution in [0, 0.1) is 6.33 Å². The lowest BCUT2D eigenvalue weighted by molar-refractivity contribution is -0.572. The van der Waals surface area contributed by atoms with Crippen LogP contribution in [-0.2, 0) is 5.41 Å². The summed E-state index contributed by atoms with van der Waals surface area (Å²) < 4.78 is 11.1. The standard InChI is InChI=1S/C45H34BN5O/c1-45(2)37-26-24-35(29-41(37)49-31-48(33-17-8-4-9-18-33)40-22-14-21-38(45)44(40)49)52-36-25-27-39-42(30-36)51(43-23-12-13-28-47-43)46(32-15-6-3-7-16-32)50(39)34-19-10-5-11-20-34/h3-30H,1-2H3. The van der Waals surface area contributed by atoms with Crippen LogP contribution in [0.4, 0.5) is 22.9 Å². The number of nitrogens with zero attached hydrogens (tertiary/aromatic N) is 5. The monoisotopic (exact) mass is 671 g/mol. The van der Waals surface area contributed by atoms with Gasteiger partial charge >= 0.3 is 6.98 Å². The molecule has 0 fully saturated rings. The average molecular weight is 672 g/mol. The van der Waals surface area contributed by atoms with Crippen LogP contribution in [0.1, 0.15) is 25.0 Å². The smallest absolute Gasteiger partial charge is 0.421 e. The van der Waals surface area contributed by atoms with E-state index < -0.39 is 0 Å². The summed E-state index contributed by atoms with van der Waals surface area (Å²) in [6.45, 7) is 4.45. The third-order valence-corrected chi connectivity index (χ3v) is 10.5. The lowest BCUT2D eigenvalue weighted by Gasteiger charge is -2.34. The fraction of sp³-hybridized carbons (Fsp3) is 0.0667. The number of ether oxygens (including phenoxy) is 1. The molecule has 0 N–H and O–H groups in total. The molecular weight excluding hydrogens is 637 g/mol. The maximum atomic E-state index is 6.78. The van der Waals surface area contributed by atoms with Gasteiger partial charge in [0.15, 0.2) is 0 Å². The summed E-state index contributed by atoms with van der Waals surface area (Å²) >= 11 is 0. The predicted molar refractivity (Wildman–Crippen MR) is 209 cm³/mol. The first-order valence-electron chi connectivity index (χ1n) is 17.7. The Labute approximate surface area is 303 Å². The Hall–Kier alpha value is -6.60. The molecule has 0 unspecified atom stereocenters. The van der Waals surface area contributed by atoms with Crippen LogP contribution in [0.15, 0.2) is 170 Å². The third-order valence-electron chi connectivity index (χ3n) is 10.5. The first-order valence-corrected chi connectivity index (χ1v) is 17.7. The average Bonchev–Trinajstić information content (AvgIpc) is 3.75. The van der Waals surface area contributed by atoms with E-state index in [1.807, 2.05) is 24.4 Å². The fourth-order valence-corrected chi connectivity index (χ4v) is 8.05. The zero-order chi connectivity index (χ0) is 34.8. The summed E-state index contributed by atoms with van der Waals surface area (Å²) in [5, 5.41) is 0. The molecule has 2 aromatic heterocycles. The molecular formula is C45H34BN5O. The molecule has 6 aromatic carbocycles. The molecule has 0 saturated heterocycles. The Morgan fingerprint density at radius 2 is 1.31 bits per heavy atom. The van der Waals surface area contributed by atoms with Gasteiger partial charge in [-0.1, -0.05) is 111 Å². The van der Waals surface area contributed by atoms with Crippen LogP contribution >= 0.6 is 0 Å². The number of anilines is 4. The second kappa shape index (κ2) is 11.7. The minimum atomic E-state index is -0.214. The highest BCUT2D eigenvalue weighted by molar-refractivity contribution is 6.84. The normalized spacial score (nSPS) is 14.0. The van der Waals surface area contributed by atoms with Crippen molar-refractivity contribution >= 4 is 46.4 Å². The Morgan fingerprint density at radius 1 is 0.615 bits per heavy atom. The van der Waals surface area contributed by atoms with Crippen LogP contribution in [-0.4, -0.2) is 16.5 Å². The molecule has 0 amide bonds. The van der Waals surface area contributed by atoms with Crippen LogP contribution < -0.4 is 24.4 Å². The molecule has 0 radical (unpaired) electrons. The van der Waals surface area contributed by atoms with Gasteiger partial charge in [-0.05, 0) is 77.3 Å². The van der Waals surface area contributed by atoms with Crippen molar-refractivity contribution in [2.24, 2.45) is 0 Å². The molecule has 0 bridgehead atoms. The molecule has 0 saturated carbocycles. The van der Waals surface area contributed by atoms with Gasteiger partial charge in [-0.15, -0.1) is 0 Å². The van der Waals surface area contributed by atoms with Crippen molar-refractivity contribution in [3.05, 3.63) is 187 Å². The third kappa shape index (κ3) is 4.66. The Kier molecular flexibility index (Phi) is 6.83. The first-order chi connectivity index (χ1) is 25.6. The highest BCUT2D eigenvalue weighted by Crippen LogP contribution is 2.49. The van der Waals surface area contributed by atoms with Crippen molar-refractivity contribution in [3.63, 3.8) is 0 Å². The van der Waals surface area contributed by atoms with E-state index in [2.05, 4.69) is 185 Å². The molecule has 2 aliphatic rings. The Balaban J connectivity index is 1.10. The van der Waals surface area contributed by atoms with Crippen LogP contribution in [0.25, 0.3) is 22.4 Å². The van der Waals surface area contributed by atoms with E-state index in [9.17, 15) is 0 Å². The molecule has 2 aliphatic heterocycles. The summed E-state index contributed by atoms with van der Waals surface area (Å²) in [5.41, 5.74) is 11.1. The lowest BCUT2D eigenvalue weighted by Crippen LogP contribution is -2.53. The summed E-state index contributed by atoms with van der Waals surface area (Å²) in [5.74, 6) is 2.37. The van der Waals surface area contributed by atoms with Crippen molar-refractivity contribution in [1.82, 2.24) is 9.55 Å². The van der Waals surface area contributed by atoms with Crippen molar-refractivity contribution < 1.29 is 9.30 Å². The molecule has 10 rings (SSSR count). The molecule has 52 heavy (non-hydrogen) atoms. The first kappa shape index (κ1) is 30.2. The van der Waals surface area contributed by atoms with Crippen LogP contribution in [0.5, 0.6) is 11.5 Å². The summed E-state index contributed by atoms with van der Waals surface area (Å²) in [6, 6.07) is 57.1. The van der Waals surface area contributed by atoms with Gasteiger partial charge in [-0.3, -0.25) is 9.13 Å². The van der Waals surface area contributed by atoms with Crippen LogP contribution in [0.2, 0.25) is 0 Å². The van der Waals surface area contributed by atoms with Crippen molar-refractivity contribution in [2.45, 2.75) is 19.3 Å². The van der Waals surface area contributed by atoms with Gasteiger partial charge in [-0.25, -0.2) is 4.98 Å². The highest BCUT2D eigenvalue weighted by Gasteiger charge is 2.44. The molecule has 8 aromatic rings. The Bertz CT molecular complexity index is 2590. The topological polar surface area (TPSA) is 37.4 Å². The number of hydrogen-bond acceptors (Lipinski definition) is 4. The van der Waals surface area contributed by atoms with Gasteiger partial charge in [-0.2, -0.15) is 0 Å². The quantitative estimate of drug-likeness (QED) is 0.100. The fourth-order valence-electron chi connectivity index (χ4n) is 8.05. The lowest BCUT2D eigenvalue weighted by atomic mass is 9.65. The van der Waals surface area contributed by atoms with E-state index in [0.29, 0.717) is 0 Å². The van der Waals surface area contributed by atoms with Gasteiger partial charge in [0.2, 0.25) is 0 Å². The maximum Gasteiger partial charge on any atom is 0.421 e. The van der Waals surface area contributed by atoms with Gasteiger partial charge in [0.25, 0.3) is 6.33 Å². The summed E-state index contributed by atoms with van der Waals surface area (Å²) in [4.78, 5) is 9.55. The number of hydrogen-bond donors (Lipinski definition) is 0. The molecule has 4 heterocycles. The minimum absolute atomic E-state index is 0.155. The van der Waals surface area contributed by atoms with Crippen molar-refractivity contribution in [3.8, 4) is 22.9 Å². The van der Waals surface area contributed by atoms with E-state index >= 15 is 0 Å². The molecule has 6 nitrogen and oxygen atoms in total. The molecule has 248 valence electrons. The van der Waals surface area contributed by atoms with Gasteiger partial charge in [0.05, 0.1) is 33.8 Å². The van der Waals surface area contributed by atoms with E-state index in [1.165, 1.54) is 11.1 Å².